The van der Waals surface area contributed by atoms with E-state index in [0.717, 1.165) is 62.0 Å². The molecule has 3 N–H and O–H groups in total. The molecule has 10 heteroatoms. The largest absolute Gasteiger partial charge is 0.489 e. The van der Waals surface area contributed by atoms with Crippen LogP contribution in [0.3, 0.4) is 0 Å². The number of nitrogens with zero attached hydrogens (tertiary/aromatic N) is 3. The van der Waals surface area contributed by atoms with E-state index >= 15 is 0 Å². The lowest BCUT2D eigenvalue weighted by molar-refractivity contribution is -0.116. The highest BCUT2D eigenvalue weighted by molar-refractivity contribution is 5.93. The van der Waals surface area contributed by atoms with Crippen molar-refractivity contribution >= 4 is 17.6 Å². The lowest BCUT2D eigenvalue weighted by Gasteiger charge is -2.34. The van der Waals surface area contributed by atoms with Gasteiger partial charge in [-0.15, -0.1) is 0 Å². The number of aromatic nitrogens is 1. The molecule has 0 bridgehead atoms. The molecule has 4 heterocycles. The lowest BCUT2D eigenvalue weighted by atomic mass is 10.1. The molecule has 0 radical (unpaired) electrons. The zero-order valence-corrected chi connectivity index (χ0v) is 23.1. The Hall–Kier alpha value is -4.02. The SMILES string of the molecule is CCN1CCN(Cc2ccc(C(N)=O)cc2F)CC1.O=C1CCc2c(Oc3ccc4c(c3)C3CC3O4)ccnc2N1. The summed E-state index contributed by atoms with van der Waals surface area (Å²) in [7, 11) is 0. The van der Waals surface area contributed by atoms with Crippen molar-refractivity contribution < 1.29 is 23.5 Å². The van der Waals surface area contributed by atoms with Crippen LogP contribution in [0.5, 0.6) is 17.2 Å². The molecule has 3 aromatic rings. The molecular formula is C31H34FN5O4. The Morgan fingerprint density at radius 3 is 2.68 bits per heavy atom. The topological polar surface area (TPSA) is 110 Å². The Bertz CT molecular complexity index is 1470. The van der Waals surface area contributed by atoms with Crippen molar-refractivity contribution in [1.29, 1.82) is 0 Å². The molecule has 2 atom stereocenters. The van der Waals surface area contributed by atoms with Crippen molar-refractivity contribution in [2.24, 2.45) is 5.73 Å². The second-order valence-corrected chi connectivity index (χ2v) is 10.9. The van der Waals surface area contributed by atoms with Gasteiger partial charge in [0, 0.05) is 73.5 Å². The molecule has 41 heavy (non-hydrogen) atoms. The monoisotopic (exact) mass is 559 g/mol. The number of hydrogen-bond donors (Lipinski definition) is 2. The predicted octanol–water partition coefficient (Wildman–Crippen LogP) is 4.07. The third-order valence-electron chi connectivity index (χ3n) is 8.14. The average Bonchev–Trinajstić information content (AvgIpc) is 3.66. The Morgan fingerprint density at radius 1 is 1.12 bits per heavy atom. The van der Waals surface area contributed by atoms with E-state index in [4.69, 9.17) is 15.2 Å². The number of halogens is 1. The maximum Gasteiger partial charge on any atom is 0.248 e. The molecule has 2 aromatic carbocycles. The number of amides is 2. The lowest BCUT2D eigenvalue weighted by Crippen LogP contribution is -2.45. The maximum atomic E-state index is 13.9. The van der Waals surface area contributed by atoms with Gasteiger partial charge in [0.2, 0.25) is 11.8 Å². The highest BCUT2D eigenvalue weighted by atomic mass is 19.1. The quantitative estimate of drug-likeness (QED) is 0.469. The fourth-order valence-electron chi connectivity index (χ4n) is 5.59. The first-order chi connectivity index (χ1) is 19.9. The van der Waals surface area contributed by atoms with Crippen LogP contribution in [0.4, 0.5) is 10.2 Å². The molecule has 9 nitrogen and oxygen atoms in total. The van der Waals surface area contributed by atoms with Crippen molar-refractivity contribution in [1.82, 2.24) is 14.8 Å². The molecule has 4 aliphatic rings. The molecule has 214 valence electrons. The summed E-state index contributed by atoms with van der Waals surface area (Å²) in [5, 5.41) is 2.79. The van der Waals surface area contributed by atoms with Crippen LogP contribution in [0.25, 0.3) is 0 Å². The third-order valence-corrected chi connectivity index (χ3v) is 8.14. The van der Waals surface area contributed by atoms with Crippen LogP contribution >= 0.6 is 0 Å². The summed E-state index contributed by atoms with van der Waals surface area (Å²) < 4.78 is 25.7. The Kier molecular flexibility index (Phi) is 7.59. The van der Waals surface area contributed by atoms with Gasteiger partial charge in [-0.1, -0.05) is 13.0 Å². The highest BCUT2D eigenvalue weighted by Crippen LogP contribution is 2.54. The first-order valence-electron chi connectivity index (χ1n) is 14.2. The zero-order valence-electron chi connectivity index (χ0n) is 23.1. The molecule has 0 spiro atoms. The summed E-state index contributed by atoms with van der Waals surface area (Å²) in [6.45, 7) is 7.75. The van der Waals surface area contributed by atoms with Crippen molar-refractivity contribution in [3.63, 3.8) is 0 Å². The van der Waals surface area contributed by atoms with Gasteiger partial charge < -0.3 is 25.4 Å². The number of pyridine rings is 1. The van der Waals surface area contributed by atoms with Gasteiger partial charge in [-0.2, -0.15) is 0 Å². The zero-order chi connectivity index (χ0) is 28.5. The first kappa shape index (κ1) is 27.2. The van der Waals surface area contributed by atoms with Crippen molar-refractivity contribution in [3.8, 4) is 17.2 Å². The predicted molar refractivity (Wildman–Crippen MR) is 152 cm³/mol. The number of hydrogen-bond acceptors (Lipinski definition) is 7. The molecule has 3 aliphatic heterocycles. The van der Waals surface area contributed by atoms with Crippen molar-refractivity contribution in [3.05, 3.63) is 76.7 Å². The van der Waals surface area contributed by atoms with E-state index in [1.807, 2.05) is 18.2 Å². The fourth-order valence-corrected chi connectivity index (χ4v) is 5.59. The summed E-state index contributed by atoms with van der Waals surface area (Å²) in [4.78, 5) is 31.2. The van der Waals surface area contributed by atoms with Crippen LogP contribution in [0.15, 0.2) is 48.7 Å². The molecule has 7 rings (SSSR count). The first-order valence-corrected chi connectivity index (χ1v) is 14.2. The standard InChI is InChI=1S/C17H14N2O3.C14H20FN3O/c20-16-4-2-10-14(5-6-18-17(10)19-16)21-9-1-3-13-11(7-9)12-8-15(12)22-13;1-2-17-5-7-18(8-6-17)10-12-4-3-11(14(16)19)9-13(12)15/h1,3,5-7,12,15H,2,4,8H2,(H,18,19,20);3-4,9H,2,5-8,10H2,1H3,(H2,16,19). The number of anilines is 1. The maximum absolute atomic E-state index is 13.9. The van der Waals surface area contributed by atoms with E-state index < -0.39 is 5.91 Å². The van der Waals surface area contributed by atoms with Crippen molar-refractivity contribution in [2.75, 3.05) is 38.0 Å². The highest BCUT2D eigenvalue weighted by Gasteiger charge is 2.48. The normalized spacial score (nSPS) is 20.9. The van der Waals surface area contributed by atoms with Crippen LogP contribution in [-0.4, -0.2) is 65.4 Å². The van der Waals surface area contributed by atoms with Crippen LogP contribution in [0.1, 0.15) is 52.7 Å². The van der Waals surface area contributed by atoms with Crippen LogP contribution < -0.4 is 20.5 Å². The van der Waals surface area contributed by atoms with Gasteiger partial charge in [-0.3, -0.25) is 14.5 Å². The van der Waals surface area contributed by atoms with E-state index in [1.54, 1.807) is 18.3 Å². The fraction of sp³-hybridized carbons (Fsp3) is 0.387. The molecule has 2 amide bonds. The number of primary amides is 1. The van der Waals surface area contributed by atoms with Crippen molar-refractivity contribution in [2.45, 2.75) is 44.8 Å². The van der Waals surface area contributed by atoms with Gasteiger partial charge in [0.1, 0.15) is 35.0 Å². The minimum absolute atomic E-state index is 0.00612. The number of nitrogens with two attached hydrogens (primary N) is 1. The van der Waals surface area contributed by atoms with E-state index in [0.29, 0.717) is 42.8 Å². The summed E-state index contributed by atoms with van der Waals surface area (Å²) in [5.41, 5.74) is 8.18. The Balaban J connectivity index is 0.000000150. The van der Waals surface area contributed by atoms with Gasteiger partial charge in [0.05, 0.1) is 0 Å². The molecule has 2 unspecified atom stereocenters. The number of nitrogens with one attached hydrogen (secondary N) is 1. The van der Waals surface area contributed by atoms with Gasteiger partial charge in [0.25, 0.3) is 0 Å². The molecule has 1 saturated carbocycles. The van der Waals surface area contributed by atoms with E-state index in [-0.39, 0.29) is 17.3 Å². The van der Waals surface area contributed by atoms with Gasteiger partial charge in [-0.25, -0.2) is 9.37 Å². The molecule has 1 aromatic heterocycles. The molecule has 2 fully saturated rings. The number of piperazine rings is 1. The Morgan fingerprint density at radius 2 is 1.93 bits per heavy atom. The number of rotatable bonds is 6. The second-order valence-electron chi connectivity index (χ2n) is 10.9. The summed E-state index contributed by atoms with van der Waals surface area (Å²) in [6.07, 6.45) is 4.29. The number of carbonyl (C=O) groups is 2. The Labute approximate surface area is 238 Å². The molecular weight excluding hydrogens is 525 g/mol. The average molecular weight is 560 g/mol. The molecule has 1 saturated heterocycles. The number of carbonyl (C=O) groups excluding carboxylic acids is 2. The number of fused-ring (bicyclic) bond motifs is 4. The van der Waals surface area contributed by atoms with E-state index in [9.17, 15) is 14.0 Å². The molecule has 1 aliphatic carbocycles. The summed E-state index contributed by atoms with van der Waals surface area (Å²) in [6, 6.07) is 12.3. The number of ether oxygens (including phenoxy) is 2. The van der Waals surface area contributed by atoms with Crippen LogP contribution in [0, 0.1) is 5.82 Å². The van der Waals surface area contributed by atoms with E-state index in [2.05, 4.69) is 33.1 Å². The van der Waals surface area contributed by atoms with Gasteiger partial charge in [-0.05, 0) is 55.8 Å². The minimum Gasteiger partial charge on any atom is -0.489 e. The van der Waals surface area contributed by atoms with Gasteiger partial charge in [0.15, 0.2) is 0 Å². The minimum atomic E-state index is -0.595. The van der Waals surface area contributed by atoms with Crippen LogP contribution in [-0.2, 0) is 17.8 Å². The van der Waals surface area contributed by atoms with Crippen LogP contribution in [0.2, 0.25) is 0 Å². The smallest absolute Gasteiger partial charge is 0.248 e. The third kappa shape index (κ3) is 6.03. The second kappa shape index (κ2) is 11.5. The summed E-state index contributed by atoms with van der Waals surface area (Å²) in [5.74, 6) is 2.77. The van der Waals surface area contributed by atoms with Gasteiger partial charge >= 0.3 is 0 Å². The summed E-state index contributed by atoms with van der Waals surface area (Å²) >= 11 is 0. The number of likely N-dealkylation sites (N-methyl/N-ethyl adjacent to an activating group) is 1. The number of benzene rings is 2. The van der Waals surface area contributed by atoms with E-state index in [1.165, 1.54) is 11.6 Å².